The summed E-state index contributed by atoms with van der Waals surface area (Å²) in [6.07, 6.45) is -5.91. The van der Waals surface area contributed by atoms with Crippen LogP contribution in [0.15, 0.2) is 18.2 Å². The zero-order chi connectivity index (χ0) is 29.0. The van der Waals surface area contributed by atoms with E-state index < -0.39 is 64.9 Å². The van der Waals surface area contributed by atoms with Gasteiger partial charge in [0.2, 0.25) is 5.91 Å². The summed E-state index contributed by atoms with van der Waals surface area (Å²) in [6, 6.07) is 1.40. The topological polar surface area (TPSA) is 67.4 Å². The fraction of sp³-hybridized carbons (Fsp3) is 0.517. The molecule has 0 spiro atoms. The van der Waals surface area contributed by atoms with Crippen molar-refractivity contribution < 1.29 is 36.3 Å². The van der Waals surface area contributed by atoms with E-state index in [1.807, 2.05) is 13.8 Å². The molecule has 1 aliphatic carbocycles. The van der Waals surface area contributed by atoms with Crippen molar-refractivity contribution >= 4 is 11.9 Å². The van der Waals surface area contributed by atoms with Crippen molar-refractivity contribution in [3.63, 3.8) is 0 Å². The summed E-state index contributed by atoms with van der Waals surface area (Å²) in [5.41, 5.74) is -1.27. The van der Waals surface area contributed by atoms with Gasteiger partial charge in [0, 0.05) is 11.1 Å². The number of benzene rings is 2. The molecule has 1 saturated heterocycles. The predicted molar refractivity (Wildman–Crippen MR) is 136 cm³/mol. The van der Waals surface area contributed by atoms with E-state index in [0.29, 0.717) is 23.7 Å². The van der Waals surface area contributed by atoms with Crippen LogP contribution < -0.4 is 10.6 Å². The molecule has 2 aromatic carbocycles. The molecular formula is C29H33F5N2O3. The van der Waals surface area contributed by atoms with E-state index in [4.69, 9.17) is 4.74 Å². The highest BCUT2D eigenvalue weighted by molar-refractivity contribution is 5.85. The Hall–Kier alpha value is -3.01. The van der Waals surface area contributed by atoms with E-state index >= 15 is 8.78 Å². The highest BCUT2D eigenvalue weighted by Gasteiger charge is 2.65. The molecule has 0 unspecified atom stereocenters. The normalized spacial score (nSPS) is 22.3. The summed E-state index contributed by atoms with van der Waals surface area (Å²) < 4.78 is 79.0. The lowest BCUT2D eigenvalue weighted by molar-refractivity contribution is -0.144. The number of halogens is 5. The van der Waals surface area contributed by atoms with Crippen LogP contribution in [0.25, 0.3) is 11.1 Å². The van der Waals surface area contributed by atoms with Crippen LogP contribution in [0, 0.1) is 49.7 Å². The van der Waals surface area contributed by atoms with E-state index in [-0.39, 0.29) is 29.4 Å². The van der Waals surface area contributed by atoms with Gasteiger partial charge in [-0.25, -0.2) is 8.78 Å². The zero-order valence-electron chi connectivity index (χ0n) is 22.8. The van der Waals surface area contributed by atoms with E-state index in [9.17, 15) is 22.8 Å². The van der Waals surface area contributed by atoms with Gasteiger partial charge in [0.15, 0.2) is 0 Å². The van der Waals surface area contributed by atoms with Crippen molar-refractivity contribution in [1.82, 2.24) is 10.6 Å². The smallest absolute Gasteiger partial charge is 0.419 e. The second-order valence-electron chi connectivity index (χ2n) is 11.2. The number of piperidine rings is 1. The highest BCUT2D eigenvalue weighted by atomic mass is 19.4. The van der Waals surface area contributed by atoms with Crippen molar-refractivity contribution in [3.05, 3.63) is 57.7 Å². The molecule has 212 valence electrons. The molecule has 2 aliphatic rings. The van der Waals surface area contributed by atoms with Crippen molar-refractivity contribution in [1.29, 1.82) is 0 Å². The summed E-state index contributed by atoms with van der Waals surface area (Å²) in [5.74, 6) is -4.49. The van der Waals surface area contributed by atoms with Crippen molar-refractivity contribution in [2.75, 3.05) is 13.2 Å². The second-order valence-corrected chi connectivity index (χ2v) is 11.2. The molecule has 5 nitrogen and oxygen atoms in total. The average molecular weight is 553 g/mol. The molecule has 0 bridgehead atoms. The minimum absolute atomic E-state index is 0.0367. The molecule has 2 fully saturated rings. The number of esters is 1. The number of carbonyl (C=O) groups is 2. The molecule has 1 aliphatic heterocycles. The predicted octanol–water partition coefficient (Wildman–Crippen LogP) is 5.93. The Labute approximate surface area is 224 Å². The molecule has 4 atom stereocenters. The minimum Gasteiger partial charge on any atom is -0.466 e. The number of rotatable bonds is 7. The lowest BCUT2D eigenvalue weighted by atomic mass is 9.88. The Balaban J connectivity index is 1.87. The SMILES string of the molecule is CCOC(=O)C[C@H](NC(=O)[C@H]1NC[C@H]2[C@@H]1C2(C)C)c1c(F)c(-c2c(C)cc(C)cc2C)cc(C(F)(F)F)c1F. The summed E-state index contributed by atoms with van der Waals surface area (Å²) in [5, 5.41) is 5.56. The summed E-state index contributed by atoms with van der Waals surface area (Å²) in [6.45, 7) is 11.1. The minimum atomic E-state index is -5.16. The molecule has 1 saturated carbocycles. The molecule has 1 amide bonds. The number of ether oxygens (including phenoxy) is 1. The van der Waals surface area contributed by atoms with Gasteiger partial charge >= 0.3 is 12.1 Å². The third kappa shape index (κ3) is 5.27. The molecular weight excluding hydrogens is 519 g/mol. The first-order chi connectivity index (χ1) is 18.1. The summed E-state index contributed by atoms with van der Waals surface area (Å²) in [4.78, 5) is 25.8. The number of aryl methyl sites for hydroxylation is 3. The standard InChI is InChI=1S/C29H33F5N2O3/c1-7-39-20(37)11-19(36-27(38)26-23-18(12-35-26)28(23,5)6)22-24(30)16(10-17(25(22)31)29(32,33)34)21-14(3)8-13(2)9-15(21)4/h8-10,18-19,23,26,35H,7,11-12H2,1-6H3,(H,36,38)/t18-,19-,23-,26-/m0/s1. The Kier molecular flexibility index (Phi) is 7.57. The van der Waals surface area contributed by atoms with Gasteiger partial charge in [-0.3, -0.25) is 9.59 Å². The fourth-order valence-electron chi connectivity index (χ4n) is 6.30. The van der Waals surface area contributed by atoms with Gasteiger partial charge in [-0.15, -0.1) is 0 Å². The Bertz CT molecular complexity index is 1300. The van der Waals surface area contributed by atoms with Crippen LogP contribution in [0.5, 0.6) is 0 Å². The maximum absolute atomic E-state index is 16.2. The van der Waals surface area contributed by atoms with E-state index in [0.717, 1.165) is 5.56 Å². The van der Waals surface area contributed by atoms with Gasteiger partial charge in [-0.2, -0.15) is 13.2 Å². The van der Waals surface area contributed by atoms with Crippen molar-refractivity contribution in [2.45, 2.75) is 66.2 Å². The van der Waals surface area contributed by atoms with Gasteiger partial charge in [0.05, 0.1) is 30.7 Å². The van der Waals surface area contributed by atoms with Gasteiger partial charge < -0.3 is 15.4 Å². The molecule has 0 aromatic heterocycles. The van der Waals surface area contributed by atoms with E-state index in [1.54, 1.807) is 32.9 Å². The maximum Gasteiger partial charge on any atom is 0.419 e. The largest absolute Gasteiger partial charge is 0.466 e. The third-order valence-electron chi connectivity index (χ3n) is 8.17. The van der Waals surface area contributed by atoms with Crippen molar-refractivity contribution in [3.8, 4) is 11.1 Å². The Morgan fingerprint density at radius 2 is 1.72 bits per heavy atom. The van der Waals surface area contributed by atoms with Crippen LogP contribution in [0.3, 0.4) is 0 Å². The van der Waals surface area contributed by atoms with Crippen LogP contribution >= 0.6 is 0 Å². The highest BCUT2D eigenvalue weighted by Crippen LogP contribution is 2.62. The number of hydrogen-bond acceptors (Lipinski definition) is 4. The first-order valence-corrected chi connectivity index (χ1v) is 13.0. The van der Waals surface area contributed by atoms with Gasteiger partial charge in [0.25, 0.3) is 0 Å². The summed E-state index contributed by atoms with van der Waals surface area (Å²) >= 11 is 0. The second kappa shape index (κ2) is 10.2. The van der Waals surface area contributed by atoms with E-state index in [2.05, 4.69) is 10.6 Å². The molecule has 0 radical (unpaired) electrons. The van der Waals surface area contributed by atoms with E-state index in [1.165, 1.54) is 6.92 Å². The average Bonchev–Trinajstić information content (AvgIpc) is 3.13. The monoisotopic (exact) mass is 552 g/mol. The number of nitrogens with one attached hydrogen (secondary N) is 2. The lowest BCUT2D eigenvalue weighted by Gasteiger charge is -2.26. The van der Waals surface area contributed by atoms with Gasteiger partial charge in [0.1, 0.15) is 11.6 Å². The Morgan fingerprint density at radius 1 is 1.10 bits per heavy atom. The summed E-state index contributed by atoms with van der Waals surface area (Å²) in [7, 11) is 0. The molecule has 10 heteroatoms. The van der Waals surface area contributed by atoms with Gasteiger partial charge in [-0.05, 0) is 74.2 Å². The third-order valence-corrected chi connectivity index (χ3v) is 8.17. The molecule has 39 heavy (non-hydrogen) atoms. The number of hydrogen-bond donors (Lipinski definition) is 2. The molecule has 4 rings (SSSR count). The zero-order valence-corrected chi connectivity index (χ0v) is 22.8. The van der Waals surface area contributed by atoms with Crippen molar-refractivity contribution in [2.24, 2.45) is 17.3 Å². The molecule has 2 N–H and O–H groups in total. The number of carbonyl (C=O) groups excluding carboxylic acids is 2. The van der Waals surface area contributed by atoms with Crippen LogP contribution in [-0.2, 0) is 20.5 Å². The maximum atomic E-state index is 16.2. The first-order valence-electron chi connectivity index (χ1n) is 13.0. The van der Waals surface area contributed by atoms with Crippen LogP contribution in [0.4, 0.5) is 22.0 Å². The lowest BCUT2D eigenvalue weighted by Crippen LogP contribution is -2.46. The van der Waals surface area contributed by atoms with Gasteiger partial charge in [-0.1, -0.05) is 31.5 Å². The van der Waals surface area contributed by atoms with Crippen LogP contribution in [0.1, 0.15) is 61.1 Å². The molecule has 1 heterocycles. The van der Waals surface area contributed by atoms with Crippen LogP contribution in [0.2, 0.25) is 0 Å². The first kappa shape index (κ1) is 29.0. The quantitative estimate of drug-likeness (QED) is 0.330. The number of fused-ring (bicyclic) bond motifs is 1. The number of alkyl halides is 3. The fourth-order valence-corrected chi connectivity index (χ4v) is 6.30. The Morgan fingerprint density at radius 3 is 2.23 bits per heavy atom. The number of amides is 1. The van der Waals surface area contributed by atoms with Crippen LogP contribution in [-0.4, -0.2) is 31.1 Å². The molecule has 2 aromatic rings.